The topological polar surface area (TPSA) is 31.4 Å². The maximum absolute atomic E-state index is 5.22. The highest BCUT2D eigenvalue weighted by Crippen LogP contribution is 2.31. The first kappa shape index (κ1) is 11.0. The normalized spacial score (nSPS) is 10.2. The standard InChI is InChI=1S/C12H13NO2S/c1-8-7-16-12(13-8)9-4-10(14-2)6-11(5-9)15-3/h4-7H,1-3H3. The van der Waals surface area contributed by atoms with Crippen LogP contribution in [-0.4, -0.2) is 19.2 Å². The van der Waals surface area contributed by atoms with Gasteiger partial charge in [-0.2, -0.15) is 0 Å². The van der Waals surface area contributed by atoms with E-state index in [1.165, 1.54) is 0 Å². The molecule has 0 amide bonds. The van der Waals surface area contributed by atoms with E-state index in [9.17, 15) is 0 Å². The van der Waals surface area contributed by atoms with Gasteiger partial charge in [0.25, 0.3) is 0 Å². The first-order valence-corrected chi connectivity index (χ1v) is 5.76. The van der Waals surface area contributed by atoms with Gasteiger partial charge in [0.05, 0.1) is 14.2 Å². The van der Waals surface area contributed by atoms with Gasteiger partial charge in [-0.3, -0.25) is 0 Å². The summed E-state index contributed by atoms with van der Waals surface area (Å²) in [6, 6.07) is 5.77. The Morgan fingerprint density at radius 1 is 1.06 bits per heavy atom. The van der Waals surface area contributed by atoms with Crippen molar-refractivity contribution in [3.8, 4) is 22.1 Å². The van der Waals surface area contributed by atoms with Crippen molar-refractivity contribution in [3.63, 3.8) is 0 Å². The molecule has 2 rings (SSSR count). The maximum Gasteiger partial charge on any atom is 0.123 e. The summed E-state index contributed by atoms with van der Waals surface area (Å²) in [7, 11) is 3.29. The minimum Gasteiger partial charge on any atom is -0.497 e. The summed E-state index contributed by atoms with van der Waals surface area (Å²) in [5.41, 5.74) is 2.05. The van der Waals surface area contributed by atoms with Crippen LogP contribution in [0.2, 0.25) is 0 Å². The molecule has 0 saturated carbocycles. The molecule has 1 aromatic heterocycles. The van der Waals surface area contributed by atoms with Crippen molar-refractivity contribution in [1.82, 2.24) is 4.98 Å². The molecular formula is C12H13NO2S. The average Bonchev–Trinajstić information content (AvgIpc) is 2.75. The number of aryl methyl sites for hydroxylation is 1. The number of hydrogen-bond donors (Lipinski definition) is 0. The summed E-state index contributed by atoms with van der Waals surface area (Å²) >= 11 is 1.62. The summed E-state index contributed by atoms with van der Waals surface area (Å²) < 4.78 is 10.4. The van der Waals surface area contributed by atoms with E-state index in [1.807, 2.05) is 30.5 Å². The van der Waals surface area contributed by atoms with Crippen LogP contribution in [0.5, 0.6) is 11.5 Å². The highest BCUT2D eigenvalue weighted by atomic mass is 32.1. The highest BCUT2D eigenvalue weighted by molar-refractivity contribution is 7.13. The first-order chi connectivity index (χ1) is 7.72. The number of ether oxygens (including phenoxy) is 2. The number of thiazole rings is 1. The molecule has 0 spiro atoms. The molecule has 0 radical (unpaired) electrons. The number of aromatic nitrogens is 1. The van der Waals surface area contributed by atoms with Crippen LogP contribution in [0, 0.1) is 6.92 Å². The Hall–Kier alpha value is -1.55. The summed E-state index contributed by atoms with van der Waals surface area (Å²) in [6.07, 6.45) is 0. The van der Waals surface area contributed by atoms with E-state index in [4.69, 9.17) is 9.47 Å². The van der Waals surface area contributed by atoms with Gasteiger partial charge in [0.1, 0.15) is 16.5 Å². The molecule has 2 aromatic rings. The minimum atomic E-state index is 0.780. The maximum atomic E-state index is 5.22. The molecule has 0 aliphatic heterocycles. The van der Waals surface area contributed by atoms with E-state index in [0.717, 1.165) is 27.8 Å². The first-order valence-electron chi connectivity index (χ1n) is 4.88. The predicted molar refractivity (Wildman–Crippen MR) is 65.4 cm³/mol. The van der Waals surface area contributed by atoms with Crippen LogP contribution >= 0.6 is 11.3 Å². The Labute approximate surface area is 98.7 Å². The molecule has 4 heteroatoms. The molecule has 84 valence electrons. The van der Waals surface area contributed by atoms with Crippen LogP contribution in [0.3, 0.4) is 0 Å². The fraction of sp³-hybridized carbons (Fsp3) is 0.250. The van der Waals surface area contributed by atoms with Gasteiger partial charge >= 0.3 is 0 Å². The second-order valence-corrected chi connectivity index (χ2v) is 4.25. The molecule has 0 unspecified atom stereocenters. The number of hydrogen-bond acceptors (Lipinski definition) is 4. The van der Waals surface area contributed by atoms with Crippen molar-refractivity contribution in [3.05, 3.63) is 29.3 Å². The molecule has 0 aliphatic carbocycles. The summed E-state index contributed by atoms with van der Waals surface area (Å²) in [5.74, 6) is 1.56. The van der Waals surface area contributed by atoms with E-state index in [2.05, 4.69) is 4.98 Å². The minimum absolute atomic E-state index is 0.780. The molecule has 0 N–H and O–H groups in total. The van der Waals surface area contributed by atoms with Crippen LogP contribution in [0.25, 0.3) is 10.6 Å². The van der Waals surface area contributed by atoms with Crippen LogP contribution in [-0.2, 0) is 0 Å². The lowest BCUT2D eigenvalue weighted by molar-refractivity contribution is 0.394. The van der Waals surface area contributed by atoms with Crippen molar-refractivity contribution in [2.24, 2.45) is 0 Å². The third kappa shape index (κ3) is 2.17. The molecule has 0 fully saturated rings. The lowest BCUT2D eigenvalue weighted by Gasteiger charge is -2.06. The predicted octanol–water partition coefficient (Wildman–Crippen LogP) is 3.14. The van der Waals surface area contributed by atoms with Crippen LogP contribution in [0.15, 0.2) is 23.6 Å². The van der Waals surface area contributed by atoms with E-state index >= 15 is 0 Å². The van der Waals surface area contributed by atoms with Crippen molar-refractivity contribution in [1.29, 1.82) is 0 Å². The Morgan fingerprint density at radius 3 is 2.12 bits per heavy atom. The molecule has 1 aromatic carbocycles. The molecule has 16 heavy (non-hydrogen) atoms. The summed E-state index contributed by atoms with van der Waals surface area (Å²) in [5, 5.41) is 3.01. The third-order valence-corrected chi connectivity index (χ3v) is 3.23. The fourth-order valence-corrected chi connectivity index (χ4v) is 2.20. The third-order valence-electron chi connectivity index (χ3n) is 2.22. The molecule has 3 nitrogen and oxygen atoms in total. The van der Waals surface area contributed by atoms with Gasteiger partial charge in [0.15, 0.2) is 0 Å². The van der Waals surface area contributed by atoms with E-state index in [0.29, 0.717) is 0 Å². The molecule has 0 atom stereocenters. The van der Waals surface area contributed by atoms with E-state index in [-0.39, 0.29) is 0 Å². The zero-order valence-electron chi connectivity index (χ0n) is 9.48. The lowest BCUT2D eigenvalue weighted by atomic mass is 10.2. The van der Waals surface area contributed by atoms with Gasteiger partial charge in [0, 0.05) is 22.7 Å². The summed E-state index contributed by atoms with van der Waals surface area (Å²) in [4.78, 5) is 4.44. The van der Waals surface area contributed by atoms with E-state index < -0.39 is 0 Å². The van der Waals surface area contributed by atoms with Crippen LogP contribution in [0.1, 0.15) is 5.69 Å². The van der Waals surface area contributed by atoms with Crippen molar-refractivity contribution in [2.45, 2.75) is 6.92 Å². The second kappa shape index (κ2) is 4.53. The zero-order valence-corrected chi connectivity index (χ0v) is 10.3. The molecule has 1 heterocycles. The zero-order chi connectivity index (χ0) is 11.5. The Kier molecular flexibility index (Phi) is 3.10. The SMILES string of the molecule is COc1cc(OC)cc(-c2nc(C)cs2)c1. The Bertz CT molecular complexity index is 471. The number of methoxy groups -OCH3 is 2. The van der Waals surface area contributed by atoms with Gasteiger partial charge in [0.2, 0.25) is 0 Å². The quantitative estimate of drug-likeness (QED) is 0.819. The lowest BCUT2D eigenvalue weighted by Crippen LogP contribution is -1.88. The van der Waals surface area contributed by atoms with Gasteiger partial charge in [-0.1, -0.05) is 0 Å². The number of nitrogens with zero attached hydrogens (tertiary/aromatic N) is 1. The largest absolute Gasteiger partial charge is 0.497 e. The van der Waals surface area contributed by atoms with Crippen LogP contribution < -0.4 is 9.47 Å². The average molecular weight is 235 g/mol. The number of rotatable bonds is 3. The second-order valence-electron chi connectivity index (χ2n) is 3.40. The molecule has 0 aliphatic rings. The number of benzene rings is 1. The Morgan fingerprint density at radius 2 is 1.69 bits per heavy atom. The van der Waals surface area contributed by atoms with Gasteiger partial charge in [-0.25, -0.2) is 4.98 Å². The summed E-state index contributed by atoms with van der Waals surface area (Å²) in [6.45, 7) is 1.98. The molecule has 0 bridgehead atoms. The highest BCUT2D eigenvalue weighted by Gasteiger charge is 2.07. The van der Waals surface area contributed by atoms with Gasteiger partial charge in [-0.15, -0.1) is 11.3 Å². The fourth-order valence-electron chi connectivity index (χ4n) is 1.42. The van der Waals surface area contributed by atoms with Gasteiger partial charge in [-0.05, 0) is 19.1 Å². The molecular weight excluding hydrogens is 222 g/mol. The monoisotopic (exact) mass is 235 g/mol. The van der Waals surface area contributed by atoms with Gasteiger partial charge < -0.3 is 9.47 Å². The van der Waals surface area contributed by atoms with Crippen molar-refractivity contribution in [2.75, 3.05) is 14.2 Å². The smallest absolute Gasteiger partial charge is 0.123 e. The van der Waals surface area contributed by atoms with Crippen molar-refractivity contribution < 1.29 is 9.47 Å². The Balaban J connectivity index is 2.47. The van der Waals surface area contributed by atoms with Crippen LogP contribution in [0.4, 0.5) is 0 Å². The molecule has 0 saturated heterocycles. The van der Waals surface area contributed by atoms with E-state index in [1.54, 1.807) is 25.6 Å². The van der Waals surface area contributed by atoms with Crippen molar-refractivity contribution >= 4 is 11.3 Å².